The first kappa shape index (κ1) is 12.3. The van der Waals surface area contributed by atoms with Crippen LogP contribution in [0.3, 0.4) is 0 Å². The fourth-order valence-electron chi connectivity index (χ4n) is 1.78. The van der Waals surface area contributed by atoms with Crippen molar-refractivity contribution in [3.8, 4) is 0 Å². The lowest BCUT2D eigenvalue weighted by Gasteiger charge is -2.28. The van der Waals surface area contributed by atoms with Gasteiger partial charge in [-0.05, 0) is 23.9 Å². The number of thiazole rings is 1. The summed E-state index contributed by atoms with van der Waals surface area (Å²) in [6, 6.07) is 8.18. The van der Waals surface area contributed by atoms with Gasteiger partial charge in [-0.1, -0.05) is 24.4 Å². The summed E-state index contributed by atoms with van der Waals surface area (Å²) in [4.78, 5) is 6.77. The number of aromatic nitrogens is 1. The molecule has 94 valence electrons. The second kappa shape index (κ2) is 5.52. The van der Waals surface area contributed by atoms with Crippen LogP contribution in [-0.4, -0.2) is 40.5 Å². The molecule has 1 aromatic heterocycles. The highest BCUT2D eigenvalue weighted by Gasteiger charge is 2.16. The molecule has 0 unspecified atom stereocenters. The number of hydrogen-bond donors (Lipinski definition) is 0. The van der Waals surface area contributed by atoms with E-state index in [1.165, 1.54) is 4.70 Å². The molecule has 3 rings (SSSR count). The van der Waals surface area contributed by atoms with Crippen molar-refractivity contribution in [3.05, 3.63) is 24.3 Å². The number of ether oxygens (including phenoxy) is 1. The highest BCUT2D eigenvalue weighted by atomic mass is 32.2. The number of thiocarbonyl (C=S) groups is 1. The first-order valence-corrected chi connectivity index (χ1v) is 7.77. The molecule has 0 aliphatic carbocycles. The van der Waals surface area contributed by atoms with Crippen molar-refractivity contribution in [2.24, 2.45) is 0 Å². The first-order chi connectivity index (χ1) is 8.83. The summed E-state index contributed by atoms with van der Waals surface area (Å²) in [5, 5.41) is 0. The molecule has 1 saturated heterocycles. The predicted molar refractivity (Wildman–Crippen MR) is 80.5 cm³/mol. The Bertz CT molecular complexity index is 530. The van der Waals surface area contributed by atoms with Crippen molar-refractivity contribution < 1.29 is 4.74 Å². The number of fused-ring (bicyclic) bond motifs is 1. The topological polar surface area (TPSA) is 25.4 Å². The van der Waals surface area contributed by atoms with Gasteiger partial charge in [-0.2, -0.15) is 0 Å². The van der Waals surface area contributed by atoms with Crippen LogP contribution in [0.1, 0.15) is 0 Å². The summed E-state index contributed by atoms with van der Waals surface area (Å²) in [6.45, 7) is 3.30. The molecular formula is C12H12N2OS3. The van der Waals surface area contributed by atoms with Gasteiger partial charge in [-0.3, -0.25) is 0 Å². The molecule has 0 spiro atoms. The number of hydrogen-bond acceptors (Lipinski definition) is 5. The minimum Gasteiger partial charge on any atom is -0.378 e. The Kier molecular flexibility index (Phi) is 3.79. The molecule has 0 N–H and O–H groups in total. The quantitative estimate of drug-likeness (QED) is 0.595. The maximum atomic E-state index is 5.46. The maximum Gasteiger partial charge on any atom is 0.158 e. The molecule has 2 heterocycles. The summed E-state index contributed by atoms with van der Waals surface area (Å²) in [6.07, 6.45) is 0. The molecule has 1 aliphatic rings. The third-order valence-electron chi connectivity index (χ3n) is 2.72. The summed E-state index contributed by atoms with van der Waals surface area (Å²) >= 11 is 8.74. The van der Waals surface area contributed by atoms with Crippen molar-refractivity contribution in [1.82, 2.24) is 9.88 Å². The van der Waals surface area contributed by atoms with E-state index >= 15 is 0 Å². The van der Waals surface area contributed by atoms with Crippen LogP contribution in [0.15, 0.2) is 28.6 Å². The molecule has 2 aromatic rings. The average molecular weight is 296 g/mol. The first-order valence-electron chi connectivity index (χ1n) is 5.73. The van der Waals surface area contributed by atoms with Gasteiger partial charge in [0, 0.05) is 13.1 Å². The Morgan fingerprint density at radius 1 is 1.33 bits per heavy atom. The molecule has 0 radical (unpaired) electrons. The summed E-state index contributed by atoms with van der Waals surface area (Å²) in [5.41, 5.74) is 1.05. The zero-order chi connectivity index (χ0) is 12.4. The zero-order valence-corrected chi connectivity index (χ0v) is 12.1. The molecule has 18 heavy (non-hydrogen) atoms. The number of para-hydroxylation sites is 1. The standard InChI is InChI=1S/C12H12N2OS3/c16-12(14-5-7-15-8-6-14)18-11-13-9-3-1-2-4-10(9)17-11/h1-4H,5-8H2. The molecular weight excluding hydrogens is 284 g/mol. The number of morpholine rings is 1. The molecule has 1 fully saturated rings. The van der Waals surface area contributed by atoms with E-state index in [1.54, 1.807) is 23.1 Å². The van der Waals surface area contributed by atoms with Crippen LogP contribution in [-0.2, 0) is 4.74 Å². The Morgan fingerprint density at radius 2 is 2.11 bits per heavy atom. The second-order valence-electron chi connectivity index (χ2n) is 3.91. The van der Waals surface area contributed by atoms with Gasteiger partial charge in [-0.25, -0.2) is 4.98 Å². The van der Waals surface area contributed by atoms with Gasteiger partial charge in [0.05, 0.1) is 23.4 Å². The smallest absolute Gasteiger partial charge is 0.158 e. The highest BCUT2D eigenvalue weighted by Crippen LogP contribution is 2.31. The van der Waals surface area contributed by atoms with E-state index in [0.29, 0.717) is 0 Å². The second-order valence-corrected chi connectivity index (χ2v) is 6.83. The number of nitrogens with zero attached hydrogens (tertiary/aromatic N) is 2. The van der Waals surface area contributed by atoms with E-state index < -0.39 is 0 Å². The molecule has 1 aliphatic heterocycles. The zero-order valence-electron chi connectivity index (χ0n) is 9.67. The average Bonchev–Trinajstić information content (AvgIpc) is 2.82. The Hall–Kier alpha value is -0.690. The van der Waals surface area contributed by atoms with Gasteiger partial charge < -0.3 is 9.64 Å². The van der Waals surface area contributed by atoms with Crippen LogP contribution in [0.5, 0.6) is 0 Å². The van der Waals surface area contributed by atoms with Gasteiger partial charge in [0.15, 0.2) is 4.34 Å². The summed E-state index contributed by atoms with van der Waals surface area (Å²) in [5.74, 6) is 0. The van der Waals surface area contributed by atoms with E-state index in [9.17, 15) is 0 Å². The molecule has 1 aromatic carbocycles. The van der Waals surface area contributed by atoms with Crippen molar-refractivity contribution in [2.45, 2.75) is 4.34 Å². The SMILES string of the molecule is S=C(Sc1nc2ccccc2s1)N1CCOCC1. The number of benzene rings is 1. The largest absolute Gasteiger partial charge is 0.378 e. The lowest BCUT2D eigenvalue weighted by Crippen LogP contribution is -2.38. The van der Waals surface area contributed by atoms with Crippen LogP contribution in [0.25, 0.3) is 10.2 Å². The maximum absolute atomic E-state index is 5.46. The van der Waals surface area contributed by atoms with Gasteiger partial charge in [0.25, 0.3) is 0 Å². The fraction of sp³-hybridized carbons (Fsp3) is 0.333. The lowest BCUT2D eigenvalue weighted by atomic mass is 10.3. The summed E-state index contributed by atoms with van der Waals surface area (Å²) < 4.78 is 8.46. The summed E-state index contributed by atoms with van der Waals surface area (Å²) in [7, 11) is 0. The predicted octanol–water partition coefficient (Wildman–Crippen LogP) is 3.01. The van der Waals surface area contributed by atoms with E-state index in [2.05, 4.69) is 16.0 Å². The third-order valence-corrected chi connectivity index (χ3v) is 5.26. The number of thioether (sulfide) groups is 1. The van der Waals surface area contributed by atoms with Gasteiger partial charge >= 0.3 is 0 Å². The van der Waals surface area contributed by atoms with Crippen molar-refractivity contribution >= 4 is 49.9 Å². The molecule has 3 nitrogen and oxygen atoms in total. The normalized spacial score (nSPS) is 16.1. The Labute approximate surface area is 119 Å². The minimum absolute atomic E-state index is 0.764. The molecule has 0 atom stereocenters. The molecule has 0 bridgehead atoms. The van der Waals surface area contributed by atoms with Crippen LogP contribution in [0.4, 0.5) is 0 Å². The van der Waals surface area contributed by atoms with Crippen LogP contribution in [0, 0.1) is 0 Å². The van der Waals surface area contributed by atoms with Gasteiger partial charge in [0.1, 0.15) is 4.32 Å². The molecule has 0 saturated carbocycles. The Balaban J connectivity index is 1.73. The molecule has 0 amide bonds. The highest BCUT2D eigenvalue weighted by molar-refractivity contribution is 8.23. The Morgan fingerprint density at radius 3 is 2.89 bits per heavy atom. The molecule has 6 heteroatoms. The van der Waals surface area contributed by atoms with E-state index in [1.807, 2.05) is 18.2 Å². The van der Waals surface area contributed by atoms with Gasteiger partial charge in [-0.15, -0.1) is 11.3 Å². The van der Waals surface area contributed by atoms with Crippen LogP contribution >= 0.6 is 35.3 Å². The van der Waals surface area contributed by atoms with E-state index in [4.69, 9.17) is 17.0 Å². The van der Waals surface area contributed by atoms with Crippen molar-refractivity contribution in [3.63, 3.8) is 0 Å². The van der Waals surface area contributed by atoms with Gasteiger partial charge in [0.2, 0.25) is 0 Å². The monoisotopic (exact) mass is 296 g/mol. The lowest BCUT2D eigenvalue weighted by molar-refractivity contribution is 0.0702. The minimum atomic E-state index is 0.764. The number of rotatable bonds is 1. The van der Waals surface area contributed by atoms with Crippen LogP contribution in [0.2, 0.25) is 0 Å². The third kappa shape index (κ3) is 2.66. The van der Waals surface area contributed by atoms with Crippen LogP contribution < -0.4 is 0 Å². The fourth-order valence-corrected chi connectivity index (χ4v) is 4.33. The van der Waals surface area contributed by atoms with E-state index in [0.717, 1.165) is 40.5 Å². The van der Waals surface area contributed by atoms with Crippen molar-refractivity contribution in [1.29, 1.82) is 0 Å². The van der Waals surface area contributed by atoms with Crippen molar-refractivity contribution in [2.75, 3.05) is 26.3 Å². The van der Waals surface area contributed by atoms with E-state index in [-0.39, 0.29) is 0 Å².